The molecule has 0 amide bonds. The Kier molecular flexibility index (Phi) is 7.00. The zero-order valence-electron chi connectivity index (χ0n) is 31.0. The molecule has 0 radical (unpaired) electrons. The zero-order chi connectivity index (χ0) is 37.5. The van der Waals surface area contributed by atoms with Crippen LogP contribution < -0.4 is 0 Å². The van der Waals surface area contributed by atoms with Gasteiger partial charge in [-0.3, -0.25) is 0 Å². The van der Waals surface area contributed by atoms with Gasteiger partial charge in [-0.15, -0.1) is 0 Å². The molecule has 1 heteroatoms. The minimum atomic E-state index is 0.902. The van der Waals surface area contributed by atoms with Crippen molar-refractivity contribution >= 4 is 43.5 Å². The Bertz CT molecular complexity index is 3280. The lowest BCUT2D eigenvalue weighted by Gasteiger charge is -2.20. The second kappa shape index (κ2) is 12.5. The molecular formula is C56H34O. The molecule has 0 bridgehead atoms. The van der Waals surface area contributed by atoms with E-state index in [2.05, 4.69) is 206 Å². The van der Waals surface area contributed by atoms with Crippen molar-refractivity contribution < 1.29 is 4.42 Å². The van der Waals surface area contributed by atoms with Crippen molar-refractivity contribution in [3.05, 3.63) is 206 Å². The van der Waals surface area contributed by atoms with E-state index in [1.807, 2.05) is 0 Å². The van der Waals surface area contributed by atoms with Crippen molar-refractivity contribution in [1.82, 2.24) is 0 Å². The van der Waals surface area contributed by atoms with Gasteiger partial charge in [-0.2, -0.15) is 0 Å². The fourth-order valence-electron chi connectivity index (χ4n) is 9.49. The van der Waals surface area contributed by atoms with E-state index in [4.69, 9.17) is 4.42 Å². The molecule has 0 fully saturated rings. The highest BCUT2D eigenvalue weighted by atomic mass is 16.3. The van der Waals surface area contributed by atoms with Crippen LogP contribution in [-0.4, -0.2) is 0 Å². The predicted molar refractivity (Wildman–Crippen MR) is 240 cm³/mol. The third-order valence-corrected chi connectivity index (χ3v) is 12.0. The van der Waals surface area contributed by atoms with Crippen LogP contribution in [-0.2, 0) is 0 Å². The van der Waals surface area contributed by atoms with E-state index in [1.54, 1.807) is 0 Å². The first-order valence-corrected chi connectivity index (χ1v) is 19.7. The molecule has 1 aromatic heterocycles. The van der Waals surface area contributed by atoms with Crippen molar-refractivity contribution in [2.45, 2.75) is 0 Å². The van der Waals surface area contributed by atoms with E-state index >= 15 is 0 Å². The standard InChI is InChI=1S/C56H34O/c1-4-14-35(15-5-1)39-26-30-50-48(33-39)49-34-40(27-31-51(49)57-50)38-20-12-21-41(32-38)42-28-29-47-54-43(42)24-13-25-46(54)55-52(36-16-6-2-7-17-36)44-22-10-11-23-45(44)53(56(47)55)37-18-8-3-9-19-37/h1-34H. The average Bonchev–Trinajstić information content (AvgIpc) is 3.82. The van der Waals surface area contributed by atoms with Crippen LogP contribution in [0.15, 0.2) is 211 Å². The van der Waals surface area contributed by atoms with E-state index in [0.29, 0.717) is 0 Å². The number of benzene rings is 10. The molecule has 10 aromatic carbocycles. The fourth-order valence-corrected chi connectivity index (χ4v) is 9.49. The molecule has 0 atom stereocenters. The molecule has 0 saturated heterocycles. The van der Waals surface area contributed by atoms with E-state index < -0.39 is 0 Å². The van der Waals surface area contributed by atoms with Gasteiger partial charge in [0, 0.05) is 10.8 Å². The summed E-state index contributed by atoms with van der Waals surface area (Å²) in [6.45, 7) is 0. The molecule has 0 spiro atoms. The molecule has 57 heavy (non-hydrogen) atoms. The quantitative estimate of drug-likeness (QED) is 0.172. The summed E-state index contributed by atoms with van der Waals surface area (Å²) in [6, 6.07) is 75.2. The number of furan rings is 1. The third kappa shape index (κ3) is 4.89. The van der Waals surface area contributed by atoms with Gasteiger partial charge in [-0.25, -0.2) is 0 Å². The summed E-state index contributed by atoms with van der Waals surface area (Å²) >= 11 is 0. The Labute approximate surface area is 330 Å². The van der Waals surface area contributed by atoms with E-state index in [-0.39, 0.29) is 0 Å². The van der Waals surface area contributed by atoms with E-state index in [1.165, 1.54) is 99.4 Å². The van der Waals surface area contributed by atoms with Crippen molar-refractivity contribution in [2.75, 3.05) is 0 Å². The molecule has 11 aromatic rings. The second-order valence-electron chi connectivity index (χ2n) is 15.1. The first-order chi connectivity index (χ1) is 28.3. The summed E-state index contributed by atoms with van der Waals surface area (Å²) in [5.41, 5.74) is 19.3. The second-order valence-corrected chi connectivity index (χ2v) is 15.1. The van der Waals surface area contributed by atoms with Crippen LogP contribution in [0.1, 0.15) is 0 Å². The minimum absolute atomic E-state index is 0.902. The average molecular weight is 723 g/mol. The van der Waals surface area contributed by atoms with Gasteiger partial charge in [0.1, 0.15) is 11.2 Å². The van der Waals surface area contributed by atoms with Gasteiger partial charge in [0.2, 0.25) is 0 Å². The van der Waals surface area contributed by atoms with Crippen LogP contribution in [0.4, 0.5) is 0 Å². The van der Waals surface area contributed by atoms with Gasteiger partial charge >= 0.3 is 0 Å². The Hall–Kier alpha value is -7.48. The topological polar surface area (TPSA) is 13.1 Å². The summed E-state index contributed by atoms with van der Waals surface area (Å²) in [4.78, 5) is 0. The van der Waals surface area contributed by atoms with Crippen molar-refractivity contribution in [3.63, 3.8) is 0 Å². The predicted octanol–water partition coefficient (Wildman–Crippen LogP) is 15.9. The van der Waals surface area contributed by atoms with E-state index in [9.17, 15) is 0 Å². The molecule has 1 aliphatic carbocycles. The van der Waals surface area contributed by atoms with Crippen LogP contribution in [0, 0.1) is 0 Å². The molecule has 1 nitrogen and oxygen atoms in total. The first-order valence-electron chi connectivity index (χ1n) is 19.7. The molecule has 12 rings (SSSR count). The van der Waals surface area contributed by atoms with E-state index in [0.717, 1.165) is 21.9 Å². The Morgan fingerprint density at radius 2 is 0.667 bits per heavy atom. The van der Waals surface area contributed by atoms with Crippen molar-refractivity contribution in [1.29, 1.82) is 0 Å². The molecule has 0 N–H and O–H groups in total. The van der Waals surface area contributed by atoms with Gasteiger partial charge in [-0.1, -0.05) is 176 Å². The Balaban J connectivity index is 1.05. The van der Waals surface area contributed by atoms with Gasteiger partial charge in [0.15, 0.2) is 0 Å². The van der Waals surface area contributed by atoms with Gasteiger partial charge in [-0.05, 0) is 130 Å². The normalized spacial score (nSPS) is 11.9. The maximum atomic E-state index is 6.33. The Morgan fingerprint density at radius 1 is 0.228 bits per heavy atom. The van der Waals surface area contributed by atoms with Crippen molar-refractivity contribution in [3.8, 4) is 77.9 Å². The first kappa shape index (κ1) is 31.8. The molecule has 1 aliphatic rings. The van der Waals surface area contributed by atoms with Crippen LogP contribution in [0.3, 0.4) is 0 Å². The summed E-state index contributed by atoms with van der Waals surface area (Å²) in [6.07, 6.45) is 0. The molecule has 1 heterocycles. The zero-order valence-corrected chi connectivity index (χ0v) is 31.0. The van der Waals surface area contributed by atoms with Crippen LogP contribution in [0.5, 0.6) is 0 Å². The maximum Gasteiger partial charge on any atom is 0.135 e. The lowest BCUT2D eigenvalue weighted by atomic mass is 9.82. The lowest BCUT2D eigenvalue weighted by molar-refractivity contribution is 0.669. The molecule has 0 aliphatic heterocycles. The summed E-state index contributed by atoms with van der Waals surface area (Å²) in [7, 11) is 0. The van der Waals surface area contributed by atoms with Crippen LogP contribution in [0.2, 0.25) is 0 Å². The summed E-state index contributed by atoms with van der Waals surface area (Å²) in [5.74, 6) is 0. The molecule has 0 unspecified atom stereocenters. The highest BCUT2D eigenvalue weighted by Gasteiger charge is 2.31. The van der Waals surface area contributed by atoms with Gasteiger partial charge < -0.3 is 4.42 Å². The lowest BCUT2D eigenvalue weighted by Crippen LogP contribution is -1.93. The monoisotopic (exact) mass is 722 g/mol. The smallest absolute Gasteiger partial charge is 0.135 e. The highest BCUT2D eigenvalue weighted by molar-refractivity contribution is 6.28. The number of rotatable bonds is 5. The SMILES string of the molecule is c1ccc(-c2ccc3oc4ccc(-c5cccc(-c6ccc7c8c(cccc68)-c6c-7c(-c7ccccc7)c7ccccc7c6-c6ccccc6)c5)cc4c3c2)cc1. The molecule has 0 saturated carbocycles. The van der Waals surface area contributed by atoms with Gasteiger partial charge in [0.25, 0.3) is 0 Å². The van der Waals surface area contributed by atoms with Crippen LogP contribution >= 0.6 is 0 Å². The molecular weight excluding hydrogens is 689 g/mol. The number of fused-ring (bicyclic) bond motifs is 7. The summed E-state index contributed by atoms with van der Waals surface area (Å²) < 4.78 is 6.33. The van der Waals surface area contributed by atoms with Gasteiger partial charge in [0.05, 0.1) is 0 Å². The van der Waals surface area contributed by atoms with Crippen molar-refractivity contribution in [2.24, 2.45) is 0 Å². The maximum absolute atomic E-state index is 6.33. The molecule has 264 valence electrons. The fraction of sp³-hybridized carbons (Fsp3) is 0. The summed E-state index contributed by atoms with van der Waals surface area (Å²) in [5, 5.41) is 7.40. The van der Waals surface area contributed by atoms with Crippen LogP contribution in [0.25, 0.3) is 121 Å². The largest absolute Gasteiger partial charge is 0.456 e. The Morgan fingerprint density at radius 3 is 1.28 bits per heavy atom. The number of hydrogen-bond donors (Lipinski definition) is 0. The number of hydrogen-bond acceptors (Lipinski definition) is 1. The third-order valence-electron chi connectivity index (χ3n) is 12.0. The minimum Gasteiger partial charge on any atom is -0.456 e. The highest BCUT2D eigenvalue weighted by Crippen LogP contribution is 2.58.